The highest BCUT2D eigenvalue weighted by molar-refractivity contribution is 7.07. The first-order chi connectivity index (χ1) is 12.8. The van der Waals surface area contributed by atoms with Crippen molar-refractivity contribution >= 4 is 23.2 Å². The molecule has 0 aliphatic carbocycles. The van der Waals surface area contributed by atoms with Gasteiger partial charge in [-0.1, -0.05) is 0 Å². The van der Waals surface area contributed by atoms with Crippen LogP contribution in [-0.4, -0.2) is 48.2 Å². The molecule has 0 aromatic carbocycles. The number of likely N-dealkylation sites (tertiary alicyclic amines) is 1. The number of nitrogens with zero attached hydrogens (tertiary/aromatic N) is 3. The monoisotopic (exact) mass is 372 g/mol. The molecule has 0 saturated carbocycles. The highest BCUT2D eigenvalue weighted by atomic mass is 32.1. The van der Waals surface area contributed by atoms with Gasteiger partial charge in [0, 0.05) is 38.8 Å². The maximum atomic E-state index is 12.4. The maximum absolute atomic E-state index is 12.4. The minimum absolute atomic E-state index is 0.0201. The second kappa shape index (κ2) is 7.95. The molecule has 2 amide bonds. The Labute approximate surface area is 157 Å². The summed E-state index contributed by atoms with van der Waals surface area (Å²) in [5.41, 5.74) is 1.14. The quantitative estimate of drug-likeness (QED) is 0.876. The van der Waals surface area contributed by atoms with Crippen molar-refractivity contribution in [1.82, 2.24) is 15.2 Å². The van der Waals surface area contributed by atoms with Crippen molar-refractivity contribution in [3.63, 3.8) is 0 Å². The van der Waals surface area contributed by atoms with Crippen LogP contribution in [0.3, 0.4) is 0 Å². The molecule has 0 bridgehead atoms. The van der Waals surface area contributed by atoms with Crippen molar-refractivity contribution < 1.29 is 9.53 Å². The second-order valence-electron chi connectivity index (χ2n) is 6.78. The SMILES string of the molecule is O=C(NCc1ccsc1)N1CCC(Oc2cccnc2N2CCCC2)C1. The Hall–Kier alpha value is -2.28. The molecule has 7 heteroatoms. The van der Waals surface area contributed by atoms with Gasteiger partial charge in [0.1, 0.15) is 6.10 Å². The predicted octanol–water partition coefficient (Wildman–Crippen LogP) is 3.11. The van der Waals surface area contributed by atoms with Gasteiger partial charge < -0.3 is 19.9 Å². The Morgan fingerprint density at radius 3 is 3.00 bits per heavy atom. The Morgan fingerprint density at radius 2 is 2.19 bits per heavy atom. The maximum Gasteiger partial charge on any atom is 0.317 e. The summed E-state index contributed by atoms with van der Waals surface area (Å²) >= 11 is 1.64. The standard InChI is InChI=1S/C19H24N4O2S/c24-19(21-12-15-6-11-26-14-15)23-10-5-16(13-23)25-17-4-3-7-20-18(17)22-8-1-2-9-22/h3-4,6-7,11,14,16H,1-2,5,8-10,12-13H2,(H,21,24). The molecule has 1 atom stereocenters. The summed E-state index contributed by atoms with van der Waals surface area (Å²) in [6.07, 6.45) is 5.10. The van der Waals surface area contributed by atoms with E-state index in [2.05, 4.69) is 20.6 Å². The van der Waals surface area contributed by atoms with E-state index in [4.69, 9.17) is 4.74 Å². The minimum Gasteiger partial charge on any atom is -0.485 e. The third-order valence-corrected chi connectivity index (χ3v) is 5.64. The molecule has 1 unspecified atom stereocenters. The zero-order valence-corrected chi connectivity index (χ0v) is 15.6. The van der Waals surface area contributed by atoms with Gasteiger partial charge in [-0.25, -0.2) is 9.78 Å². The number of hydrogen-bond acceptors (Lipinski definition) is 5. The number of ether oxygens (including phenoxy) is 1. The molecule has 2 aliphatic heterocycles. The summed E-state index contributed by atoms with van der Waals surface area (Å²) in [6, 6.07) is 5.91. The van der Waals surface area contributed by atoms with Crippen LogP contribution < -0.4 is 15.0 Å². The average Bonchev–Trinajstić information content (AvgIpc) is 3.42. The van der Waals surface area contributed by atoms with E-state index in [1.165, 1.54) is 12.8 Å². The molecule has 2 saturated heterocycles. The normalized spacial score (nSPS) is 19.8. The van der Waals surface area contributed by atoms with Crippen LogP contribution in [0.25, 0.3) is 0 Å². The van der Waals surface area contributed by atoms with E-state index in [9.17, 15) is 4.79 Å². The first-order valence-corrected chi connectivity index (χ1v) is 10.1. The van der Waals surface area contributed by atoms with Crippen molar-refractivity contribution in [3.8, 4) is 5.75 Å². The van der Waals surface area contributed by atoms with Gasteiger partial charge in [-0.15, -0.1) is 0 Å². The third-order valence-electron chi connectivity index (χ3n) is 4.91. The highest BCUT2D eigenvalue weighted by Gasteiger charge is 2.29. The van der Waals surface area contributed by atoms with Crippen LogP contribution in [0.15, 0.2) is 35.2 Å². The van der Waals surface area contributed by atoms with E-state index in [0.29, 0.717) is 13.1 Å². The lowest BCUT2D eigenvalue weighted by Gasteiger charge is -2.22. The van der Waals surface area contributed by atoms with Crippen LogP contribution in [0.4, 0.5) is 10.6 Å². The van der Waals surface area contributed by atoms with Gasteiger partial charge in [0.05, 0.1) is 6.54 Å². The first kappa shape index (κ1) is 17.1. The van der Waals surface area contributed by atoms with Crippen LogP contribution in [0.2, 0.25) is 0 Å². The van der Waals surface area contributed by atoms with Crippen molar-refractivity contribution in [2.45, 2.75) is 31.9 Å². The minimum atomic E-state index is -0.0201. The van der Waals surface area contributed by atoms with Gasteiger partial charge in [0.2, 0.25) is 0 Å². The zero-order chi connectivity index (χ0) is 17.8. The molecule has 2 aromatic rings. The Kier molecular flexibility index (Phi) is 5.24. The van der Waals surface area contributed by atoms with Gasteiger partial charge in [-0.2, -0.15) is 11.3 Å². The number of amides is 2. The number of pyridine rings is 1. The summed E-state index contributed by atoms with van der Waals surface area (Å²) in [5, 5.41) is 7.06. The molecule has 0 radical (unpaired) electrons. The zero-order valence-electron chi connectivity index (χ0n) is 14.8. The lowest BCUT2D eigenvalue weighted by molar-refractivity contribution is 0.186. The molecule has 4 heterocycles. The van der Waals surface area contributed by atoms with Gasteiger partial charge >= 0.3 is 6.03 Å². The van der Waals surface area contributed by atoms with E-state index in [1.54, 1.807) is 11.3 Å². The number of carbonyl (C=O) groups is 1. The van der Waals surface area contributed by atoms with Gasteiger partial charge in [0.15, 0.2) is 11.6 Å². The van der Waals surface area contributed by atoms with Crippen LogP contribution in [0, 0.1) is 0 Å². The highest BCUT2D eigenvalue weighted by Crippen LogP contribution is 2.30. The van der Waals surface area contributed by atoms with Gasteiger partial charge in [0.25, 0.3) is 0 Å². The fourth-order valence-electron chi connectivity index (χ4n) is 3.51. The Balaban J connectivity index is 1.32. The van der Waals surface area contributed by atoms with Gasteiger partial charge in [-0.05, 0) is 47.4 Å². The van der Waals surface area contributed by atoms with Crippen molar-refractivity contribution in [3.05, 3.63) is 40.7 Å². The van der Waals surface area contributed by atoms with E-state index >= 15 is 0 Å². The molecular weight excluding hydrogens is 348 g/mol. The average molecular weight is 372 g/mol. The number of urea groups is 1. The van der Waals surface area contributed by atoms with Crippen LogP contribution in [0.5, 0.6) is 5.75 Å². The van der Waals surface area contributed by atoms with Crippen LogP contribution in [0.1, 0.15) is 24.8 Å². The molecule has 1 N–H and O–H groups in total. The topological polar surface area (TPSA) is 57.7 Å². The fourth-order valence-corrected chi connectivity index (χ4v) is 4.18. The number of hydrogen-bond donors (Lipinski definition) is 1. The fraction of sp³-hybridized carbons (Fsp3) is 0.474. The van der Waals surface area contributed by atoms with E-state index in [0.717, 1.165) is 43.2 Å². The molecular formula is C19H24N4O2S. The molecule has 2 fully saturated rings. The Morgan fingerprint density at radius 1 is 1.31 bits per heavy atom. The largest absolute Gasteiger partial charge is 0.485 e. The number of aromatic nitrogens is 1. The lowest BCUT2D eigenvalue weighted by Crippen LogP contribution is -2.39. The van der Waals surface area contributed by atoms with Crippen molar-refractivity contribution in [2.75, 3.05) is 31.1 Å². The van der Waals surface area contributed by atoms with E-state index in [-0.39, 0.29) is 12.1 Å². The summed E-state index contributed by atoms with van der Waals surface area (Å²) in [5.74, 6) is 1.77. The van der Waals surface area contributed by atoms with E-state index in [1.807, 2.05) is 34.7 Å². The molecule has 4 rings (SSSR count). The van der Waals surface area contributed by atoms with Crippen LogP contribution in [-0.2, 0) is 6.54 Å². The number of thiophene rings is 1. The number of anilines is 1. The Bertz CT molecular complexity index is 731. The molecule has 0 spiro atoms. The summed E-state index contributed by atoms with van der Waals surface area (Å²) < 4.78 is 6.23. The summed E-state index contributed by atoms with van der Waals surface area (Å²) in [6.45, 7) is 3.99. The molecule has 2 aromatic heterocycles. The molecule has 2 aliphatic rings. The molecule has 138 valence electrons. The van der Waals surface area contributed by atoms with Crippen molar-refractivity contribution in [2.24, 2.45) is 0 Å². The third kappa shape index (κ3) is 3.93. The van der Waals surface area contributed by atoms with Gasteiger partial charge in [-0.3, -0.25) is 0 Å². The molecule has 6 nitrogen and oxygen atoms in total. The van der Waals surface area contributed by atoms with E-state index < -0.39 is 0 Å². The second-order valence-corrected chi connectivity index (χ2v) is 7.56. The first-order valence-electron chi connectivity index (χ1n) is 9.20. The number of rotatable bonds is 5. The number of nitrogens with one attached hydrogen (secondary N) is 1. The summed E-state index contributed by atoms with van der Waals surface area (Å²) in [7, 11) is 0. The summed E-state index contributed by atoms with van der Waals surface area (Å²) in [4.78, 5) is 21.0. The number of carbonyl (C=O) groups excluding carboxylic acids is 1. The lowest BCUT2D eigenvalue weighted by atomic mass is 10.3. The smallest absolute Gasteiger partial charge is 0.317 e. The van der Waals surface area contributed by atoms with Crippen LogP contribution >= 0.6 is 11.3 Å². The molecule has 26 heavy (non-hydrogen) atoms. The predicted molar refractivity (Wildman–Crippen MR) is 103 cm³/mol. The van der Waals surface area contributed by atoms with Crippen molar-refractivity contribution in [1.29, 1.82) is 0 Å².